The molecule has 2 aromatic rings. The Bertz CT molecular complexity index is 885. The van der Waals surface area contributed by atoms with Gasteiger partial charge in [0.05, 0.1) is 12.6 Å². The topological polar surface area (TPSA) is 36.9 Å². The van der Waals surface area contributed by atoms with Crippen LogP contribution in [0.3, 0.4) is 0 Å². The van der Waals surface area contributed by atoms with Crippen LogP contribution < -0.4 is 5.32 Å². The Hall–Kier alpha value is -2.47. The van der Waals surface area contributed by atoms with Crippen LogP contribution in [-0.2, 0) is 11.2 Å². The molecule has 3 heterocycles. The summed E-state index contributed by atoms with van der Waals surface area (Å²) in [6.07, 6.45) is -0.208. The fraction of sp³-hybridized carbons (Fsp3) is 0.381. The van der Waals surface area contributed by atoms with Crippen molar-refractivity contribution in [2.45, 2.75) is 24.2 Å². The molecule has 0 radical (unpaired) electrons. The second-order valence-corrected chi connectivity index (χ2v) is 7.46. The van der Waals surface area contributed by atoms with Crippen molar-refractivity contribution >= 4 is 6.02 Å². The van der Waals surface area contributed by atoms with Crippen LogP contribution in [0.5, 0.6) is 0 Å². The van der Waals surface area contributed by atoms with Crippen LogP contribution in [0.1, 0.15) is 22.7 Å². The summed E-state index contributed by atoms with van der Waals surface area (Å²) in [5, 5.41) is 3.06. The largest absolute Gasteiger partial charge is 0.452 e. The van der Waals surface area contributed by atoms with Crippen molar-refractivity contribution < 1.29 is 13.5 Å². The molecule has 3 aliphatic heterocycles. The lowest BCUT2D eigenvalue weighted by molar-refractivity contribution is 0.0238. The SMILES string of the molecule is Fc1ccc([C@H]2c3ccccc3CCN2C2=NC[C@]3(CNC[C@@H]3F)O2)cc1. The zero-order valence-electron chi connectivity index (χ0n) is 14.9. The maximum Gasteiger partial charge on any atom is 0.289 e. The van der Waals surface area contributed by atoms with Gasteiger partial charge < -0.3 is 15.0 Å². The van der Waals surface area contributed by atoms with Crippen molar-refractivity contribution in [1.29, 1.82) is 0 Å². The van der Waals surface area contributed by atoms with E-state index in [4.69, 9.17) is 4.74 Å². The molecule has 1 fully saturated rings. The predicted molar refractivity (Wildman–Crippen MR) is 99.0 cm³/mol. The summed E-state index contributed by atoms with van der Waals surface area (Å²) in [5.74, 6) is -0.264. The standard InChI is InChI=1S/C21H21F2N3O/c22-16-7-5-15(6-8-16)19-17-4-2-1-3-14(17)9-10-26(19)20-25-13-21(27-20)12-24-11-18(21)23/h1-8,18-19,24H,9-13H2/t18-,19-,21-/m0/s1. The van der Waals surface area contributed by atoms with E-state index in [0.717, 1.165) is 24.1 Å². The minimum absolute atomic E-state index is 0.128. The van der Waals surface area contributed by atoms with Gasteiger partial charge >= 0.3 is 0 Å². The summed E-state index contributed by atoms with van der Waals surface area (Å²) in [5.41, 5.74) is 2.50. The van der Waals surface area contributed by atoms with Gasteiger partial charge in [-0.25, -0.2) is 13.8 Å². The predicted octanol–water partition coefficient (Wildman–Crippen LogP) is 2.84. The Morgan fingerprint density at radius 3 is 2.74 bits per heavy atom. The first kappa shape index (κ1) is 16.7. The molecule has 3 atom stereocenters. The normalized spacial score (nSPS) is 29.6. The van der Waals surface area contributed by atoms with Crippen LogP contribution in [0.25, 0.3) is 0 Å². The zero-order valence-corrected chi connectivity index (χ0v) is 14.9. The zero-order chi connectivity index (χ0) is 18.4. The first-order chi connectivity index (χ1) is 13.2. The van der Waals surface area contributed by atoms with E-state index in [1.54, 1.807) is 12.1 Å². The van der Waals surface area contributed by atoms with Gasteiger partial charge in [-0.15, -0.1) is 0 Å². The van der Waals surface area contributed by atoms with E-state index in [1.807, 2.05) is 12.1 Å². The number of hydrogen-bond acceptors (Lipinski definition) is 4. The molecule has 0 aliphatic carbocycles. The highest BCUT2D eigenvalue weighted by Gasteiger charge is 2.51. The van der Waals surface area contributed by atoms with Crippen molar-refractivity contribution in [3.8, 4) is 0 Å². The van der Waals surface area contributed by atoms with E-state index in [2.05, 4.69) is 27.3 Å². The van der Waals surface area contributed by atoms with E-state index in [0.29, 0.717) is 25.7 Å². The van der Waals surface area contributed by atoms with Crippen molar-refractivity contribution in [3.05, 3.63) is 71.0 Å². The summed E-state index contributed by atoms with van der Waals surface area (Å²) in [6, 6.07) is 15.2. The van der Waals surface area contributed by atoms with Gasteiger partial charge in [-0.2, -0.15) is 0 Å². The molecule has 4 nitrogen and oxygen atoms in total. The lowest BCUT2D eigenvalue weighted by Crippen LogP contribution is -2.47. The Balaban J connectivity index is 1.52. The van der Waals surface area contributed by atoms with E-state index < -0.39 is 11.8 Å². The van der Waals surface area contributed by atoms with E-state index in [9.17, 15) is 8.78 Å². The summed E-state index contributed by atoms with van der Waals surface area (Å²) in [6.45, 7) is 1.81. The van der Waals surface area contributed by atoms with Crippen molar-refractivity contribution in [1.82, 2.24) is 10.2 Å². The number of nitrogens with zero attached hydrogens (tertiary/aromatic N) is 2. The second kappa shape index (κ2) is 6.30. The quantitative estimate of drug-likeness (QED) is 0.840. The van der Waals surface area contributed by atoms with Crippen molar-refractivity contribution in [2.24, 2.45) is 4.99 Å². The molecule has 0 bridgehead atoms. The monoisotopic (exact) mass is 369 g/mol. The first-order valence-electron chi connectivity index (χ1n) is 9.34. The maximum atomic E-state index is 14.4. The molecular weight excluding hydrogens is 348 g/mol. The lowest BCUT2D eigenvalue weighted by atomic mass is 9.88. The molecular formula is C21H21F2N3O. The number of ether oxygens (including phenoxy) is 1. The van der Waals surface area contributed by atoms with Crippen LogP contribution in [0.15, 0.2) is 53.5 Å². The molecule has 0 saturated carbocycles. The number of alkyl halides is 1. The van der Waals surface area contributed by atoms with E-state index in [-0.39, 0.29) is 11.9 Å². The molecule has 0 amide bonds. The third kappa shape index (κ3) is 2.70. The molecule has 5 rings (SSSR count). The fourth-order valence-corrected chi connectivity index (χ4v) is 4.34. The lowest BCUT2D eigenvalue weighted by Gasteiger charge is -2.39. The summed E-state index contributed by atoms with van der Waals surface area (Å²) in [7, 11) is 0. The van der Waals surface area contributed by atoms with Gasteiger partial charge in [-0.3, -0.25) is 0 Å². The maximum absolute atomic E-state index is 14.4. The molecule has 0 aromatic heterocycles. The Labute approximate surface area is 156 Å². The molecule has 1 spiro atoms. The van der Waals surface area contributed by atoms with Gasteiger partial charge in [0.25, 0.3) is 6.02 Å². The van der Waals surface area contributed by atoms with Crippen LogP contribution in [-0.4, -0.2) is 48.9 Å². The van der Waals surface area contributed by atoms with Gasteiger partial charge in [0.1, 0.15) is 5.82 Å². The highest BCUT2D eigenvalue weighted by Crippen LogP contribution is 2.38. The first-order valence-corrected chi connectivity index (χ1v) is 9.34. The average molecular weight is 369 g/mol. The number of fused-ring (bicyclic) bond motifs is 1. The Morgan fingerprint density at radius 1 is 1.15 bits per heavy atom. The van der Waals surface area contributed by atoms with E-state index in [1.165, 1.54) is 17.7 Å². The van der Waals surface area contributed by atoms with Crippen LogP contribution >= 0.6 is 0 Å². The summed E-state index contributed by atoms with van der Waals surface area (Å²) >= 11 is 0. The minimum Gasteiger partial charge on any atom is -0.452 e. The molecule has 6 heteroatoms. The molecule has 140 valence electrons. The van der Waals surface area contributed by atoms with Gasteiger partial charge in [0.2, 0.25) is 0 Å². The smallest absolute Gasteiger partial charge is 0.289 e. The third-order valence-corrected chi connectivity index (χ3v) is 5.81. The van der Waals surface area contributed by atoms with Gasteiger partial charge in [0.15, 0.2) is 11.8 Å². The summed E-state index contributed by atoms with van der Waals surface area (Å²) < 4.78 is 34.0. The Kier molecular flexibility index (Phi) is 3.90. The number of nitrogens with one attached hydrogen (secondary N) is 1. The number of rotatable bonds is 1. The van der Waals surface area contributed by atoms with Gasteiger partial charge in [0, 0.05) is 19.6 Å². The average Bonchev–Trinajstić information content (AvgIpc) is 3.28. The fourth-order valence-electron chi connectivity index (χ4n) is 4.34. The third-order valence-electron chi connectivity index (χ3n) is 5.81. The molecule has 27 heavy (non-hydrogen) atoms. The number of aliphatic imine (C=N–C) groups is 1. The number of benzene rings is 2. The van der Waals surface area contributed by atoms with E-state index >= 15 is 0 Å². The van der Waals surface area contributed by atoms with Crippen molar-refractivity contribution in [2.75, 3.05) is 26.2 Å². The van der Waals surface area contributed by atoms with Gasteiger partial charge in [-0.05, 0) is 35.2 Å². The van der Waals surface area contributed by atoms with Gasteiger partial charge in [-0.1, -0.05) is 36.4 Å². The molecule has 1 saturated heterocycles. The van der Waals surface area contributed by atoms with Crippen molar-refractivity contribution in [3.63, 3.8) is 0 Å². The highest BCUT2D eigenvalue weighted by molar-refractivity contribution is 5.78. The molecule has 2 aromatic carbocycles. The van der Waals surface area contributed by atoms with Crippen LogP contribution in [0.2, 0.25) is 0 Å². The summed E-state index contributed by atoms with van der Waals surface area (Å²) in [4.78, 5) is 6.67. The van der Waals surface area contributed by atoms with Crippen LogP contribution in [0.4, 0.5) is 8.78 Å². The second-order valence-electron chi connectivity index (χ2n) is 7.46. The number of halogens is 2. The molecule has 3 aliphatic rings. The molecule has 0 unspecified atom stereocenters. The molecule has 1 N–H and O–H groups in total. The minimum atomic E-state index is -1.07. The number of hydrogen-bond donors (Lipinski definition) is 1. The Morgan fingerprint density at radius 2 is 1.96 bits per heavy atom. The highest BCUT2D eigenvalue weighted by atomic mass is 19.1. The van der Waals surface area contributed by atoms with Crippen LogP contribution in [0, 0.1) is 5.82 Å². The number of amidine groups is 1.